The third-order valence-corrected chi connectivity index (χ3v) is 4.63. The number of benzene rings is 1. The Morgan fingerprint density at radius 1 is 1.20 bits per heavy atom. The van der Waals surface area contributed by atoms with Gasteiger partial charge in [0.05, 0.1) is 0 Å². The molecule has 1 N–H and O–H groups in total. The zero-order valence-corrected chi connectivity index (χ0v) is 14.3. The van der Waals surface area contributed by atoms with Crippen LogP contribution in [0.1, 0.15) is 52.1 Å². The lowest BCUT2D eigenvalue weighted by Gasteiger charge is -2.36. The van der Waals surface area contributed by atoms with Gasteiger partial charge in [-0.15, -0.1) is 0 Å². The van der Waals surface area contributed by atoms with Gasteiger partial charge in [0.1, 0.15) is 0 Å². The Bertz CT molecular complexity index is 386. The molecule has 0 bridgehead atoms. The summed E-state index contributed by atoms with van der Waals surface area (Å²) in [4.78, 5) is 2.45. The molecule has 0 heterocycles. The van der Waals surface area contributed by atoms with Gasteiger partial charge in [0.25, 0.3) is 0 Å². The Labute approximate surface area is 129 Å². The van der Waals surface area contributed by atoms with Crippen LogP contribution in [0, 0.1) is 0 Å². The van der Waals surface area contributed by atoms with Crippen molar-refractivity contribution in [3.8, 4) is 0 Å². The molecule has 0 amide bonds. The lowest BCUT2D eigenvalue weighted by atomic mass is 9.98. The van der Waals surface area contributed by atoms with E-state index >= 15 is 0 Å². The normalized spacial score (nSPS) is 13.8. The summed E-state index contributed by atoms with van der Waals surface area (Å²) in [7, 11) is 2.22. The van der Waals surface area contributed by atoms with Crippen LogP contribution in [0.15, 0.2) is 24.3 Å². The van der Waals surface area contributed by atoms with Crippen LogP contribution in [-0.4, -0.2) is 30.6 Å². The molecule has 1 aromatic rings. The molecular formula is C17H29ClN2. The van der Waals surface area contributed by atoms with Crippen molar-refractivity contribution in [1.82, 2.24) is 10.2 Å². The second-order valence-corrected chi connectivity index (χ2v) is 6.47. The minimum Gasteiger partial charge on any atom is -0.310 e. The fourth-order valence-corrected chi connectivity index (χ4v) is 2.35. The molecule has 114 valence electrons. The van der Waals surface area contributed by atoms with Gasteiger partial charge >= 0.3 is 0 Å². The first-order valence-electron chi connectivity index (χ1n) is 7.60. The summed E-state index contributed by atoms with van der Waals surface area (Å²) < 4.78 is 0. The molecule has 20 heavy (non-hydrogen) atoms. The van der Waals surface area contributed by atoms with Crippen molar-refractivity contribution in [1.29, 1.82) is 0 Å². The Morgan fingerprint density at radius 2 is 1.80 bits per heavy atom. The fraction of sp³-hybridized carbons (Fsp3) is 0.647. The monoisotopic (exact) mass is 296 g/mol. The molecule has 0 spiro atoms. The Kier molecular flexibility index (Phi) is 7.01. The number of halogens is 1. The third-order valence-electron chi connectivity index (χ3n) is 4.37. The Morgan fingerprint density at radius 3 is 2.30 bits per heavy atom. The summed E-state index contributed by atoms with van der Waals surface area (Å²) in [6.07, 6.45) is 2.27. The maximum absolute atomic E-state index is 5.97. The highest BCUT2D eigenvalue weighted by Gasteiger charge is 2.22. The van der Waals surface area contributed by atoms with E-state index in [0.717, 1.165) is 31.0 Å². The molecule has 0 radical (unpaired) electrons. The van der Waals surface area contributed by atoms with Crippen molar-refractivity contribution >= 4 is 11.6 Å². The van der Waals surface area contributed by atoms with E-state index in [-0.39, 0.29) is 5.54 Å². The van der Waals surface area contributed by atoms with Crippen molar-refractivity contribution in [3.63, 3.8) is 0 Å². The van der Waals surface area contributed by atoms with E-state index in [0.29, 0.717) is 6.04 Å². The Balaban J connectivity index is 2.66. The number of hydrogen-bond acceptors (Lipinski definition) is 2. The van der Waals surface area contributed by atoms with Gasteiger partial charge in [-0.3, -0.25) is 0 Å². The third kappa shape index (κ3) is 5.08. The molecule has 1 unspecified atom stereocenters. The Hall–Kier alpha value is -0.570. The molecule has 3 heteroatoms. The van der Waals surface area contributed by atoms with Gasteiger partial charge < -0.3 is 10.2 Å². The smallest absolute Gasteiger partial charge is 0.0406 e. The molecule has 0 aliphatic heterocycles. The van der Waals surface area contributed by atoms with Gasteiger partial charge in [-0.2, -0.15) is 0 Å². The number of hydrogen-bond donors (Lipinski definition) is 1. The van der Waals surface area contributed by atoms with E-state index in [1.54, 1.807) is 0 Å². The van der Waals surface area contributed by atoms with Gasteiger partial charge in [0, 0.05) is 23.1 Å². The van der Waals surface area contributed by atoms with Crippen molar-refractivity contribution in [2.24, 2.45) is 0 Å². The summed E-state index contributed by atoms with van der Waals surface area (Å²) in [6.45, 7) is 11.1. The standard InChI is InChI=1S/C17H29ClN2/c1-6-17(3,4)20(5)13-12-16(19-7-2)14-8-10-15(18)11-9-14/h8-11,16,19H,6-7,12-13H2,1-5H3. The predicted octanol–water partition coefficient (Wildman–Crippen LogP) is 4.50. The highest BCUT2D eigenvalue weighted by molar-refractivity contribution is 6.30. The molecule has 0 aromatic heterocycles. The van der Waals surface area contributed by atoms with Crippen LogP contribution in [0.4, 0.5) is 0 Å². The molecule has 1 atom stereocenters. The zero-order valence-electron chi connectivity index (χ0n) is 13.5. The molecule has 1 rings (SSSR count). The summed E-state index contributed by atoms with van der Waals surface area (Å²) >= 11 is 5.97. The van der Waals surface area contributed by atoms with Crippen molar-refractivity contribution in [2.45, 2.75) is 52.1 Å². The lowest BCUT2D eigenvalue weighted by Crippen LogP contribution is -2.42. The van der Waals surface area contributed by atoms with E-state index in [4.69, 9.17) is 11.6 Å². The van der Waals surface area contributed by atoms with Crippen molar-refractivity contribution in [3.05, 3.63) is 34.9 Å². The maximum atomic E-state index is 5.97. The summed E-state index contributed by atoms with van der Waals surface area (Å²) in [5, 5.41) is 4.37. The van der Waals surface area contributed by atoms with Crippen LogP contribution in [0.3, 0.4) is 0 Å². The highest BCUT2D eigenvalue weighted by Crippen LogP contribution is 2.22. The predicted molar refractivity (Wildman–Crippen MR) is 89.5 cm³/mol. The average molecular weight is 297 g/mol. The minimum absolute atomic E-state index is 0.261. The average Bonchev–Trinajstić information content (AvgIpc) is 2.44. The zero-order chi connectivity index (χ0) is 15.2. The second kappa shape index (κ2) is 8.02. The summed E-state index contributed by atoms with van der Waals surface area (Å²) in [6, 6.07) is 8.59. The number of nitrogens with zero attached hydrogens (tertiary/aromatic N) is 1. The van der Waals surface area contributed by atoms with E-state index < -0.39 is 0 Å². The van der Waals surface area contributed by atoms with Crippen molar-refractivity contribution in [2.75, 3.05) is 20.1 Å². The van der Waals surface area contributed by atoms with Gasteiger partial charge in [0.15, 0.2) is 0 Å². The quantitative estimate of drug-likeness (QED) is 0.760. The van der Waals surface area contributed by atoms with Gasteiger partial charge in [-0.1, -0.05) is 37.6 Å². The molecular weight excluding hydrogens is 268 g/mol. The van der Waals surface area contributed by atoms with Crippen LogP contribution in [-0.2, 0) is 0 Å². The molecule has 0 fully saturated rings. The van der Waals surface area contributed by atoms with Gasteiger partial charge in [-0.05, 0) is 58.0 Å². The topological polar surface area (TPSA) is 15.3 Å². The molecule has 0 aliphatic carbocycles. The van der Waals surface area contributed by atoms with Crippen LogP contribution < -0.4 is 5.32 Å². The minimum atomic E-state index is 0.261. The van der Waals surface area contributed by atoms with E-state index in [2.05, 4.69) is 57.1 Å². The van der Waals surface area contributed by atoms with Crippen LogP contribution in [0.2, 0.25) is 5.02 Å². The summed E-state index contributed by atoms with van der Waals surface area (Å²) in [5.74, 6) is 0. The summed E-state index contributed by atoms with van der Waals surface area (Å²) in [5.41, 5.74) is 1.58. The SMILES string of the molecule is CCNC(CCN(C)C(C)(C)CC)c1ccc(Cl)cc1. The van der Waals surface area contributed by atoms with Crippen molar-refractivity contribution < 1.29 is 0 Å². The molecule has 0 saturated carbocycles. The second-order valence-electron chi connectivity index (χ2n) is 6.04. The molecule has 1 aromatic carbocycles. The largest absolute Gasteiger partial charge is 0.310 e. The van der Waals surface area contributed by atoms with E-state index in [1.807, 2.05) is 12.1 Å². The number of rotatable bonds is 8. The first kappa shape index (κ1) is 17.5. The molecule has 0 saturated heterocycles. The fourth-order valence-electron chi connectivity index (χ4n) is 2.22. The van der Waals surface area contributed by atoms with Crippen LogP contribution in [0.5, 0.6) is 0 Å². The van der Waals surface area contributed by atoms with Crippen LogP contribution >= 0.6 is 11.6 Å². The highest BCUT2D eigenvalue weighted by atomic mass is 35.5. The molecule has 0 aliphatic rings. The lowest BCUT2D eigenvalue weighted by molar-refractivity contribution is 0.144. The maximum Gasteiger partial charge on any atom is 0.0406 e. The number of nitrogens with one attached hydrogen (secondary N) is 1. The first-order chi connectivity index (χ1) is 9.40. The van der Waals surface area contributed by atoms with E-state index in [1.165, 1.54) is 5.56 Å². The molecule has 2 nitrogen and oxygen atoms in total. The van der Waals surface area contributed by atoms with Gasteiger partial charge in [0.2, 0.25) is 0 Å². The van der Waals surface area contributed by atoms with Crippen LogP contribution in [0.25, 0.3) is 0 Å². The first-order valence-corrected chi connectivity index (χ1v) is 7.98. The van der Waals surface area contributed by atoms with Gasteiger partial charge in [-0.25, -0.2) is 0 Å². The van der Waals surface area contributed by atoms with E-state index in [9.17, 15) is 0 Å².